The van der Waals surface area contributed by atoms with Crippen LogP contribution >= 0.6 is 15.9 Å². The van der Waals surface area contributed by atoms with E-state index in [1.807, 2.05) is 0 Å². The number of hydrogen-bond donors (Lipinski definition) is 1. The molecule has 0 fully saturated rings. The SMILES string of the molecule is O=C(O)CCCS(=O)(=O)c1ccc(F)c(Br)n1. The molecule has 1 N–H and O–H groups in total. The highest BCUT2D eigenvalue weighted by molar-refractivity contribution is 9.10. The minimum Gasteiger partial charge on any atom is -0.481 e. The molecular weight excluding hydrogens is 317 g/mol. The molecule has 0 amide bonds. The van der Waals surface area contributed by atoms with Gasteiger partial charge in [0.05, 0.1) is 5.75 Å². The Morgan fingerprint density at radius 1 is 1.47 bits per heavy atom. The normalized spacial score (nSPS) is 11.4. The van der Waals surface area contributed by atoms with Crippen LogP contribution in [-0.2, 0) is 14.6 Å². The van der Waals surface area contributed by atoms with Crippen molar-refractivity contribution in [2.45, 2.75) is 17.9 Å². The maximum atomic E-state index is 12.9. The predicted molar refractivity (Wildman–Crippen MR) is 60.8 cm³/mol. The van der Waals surface area contributed by atoms with Gasteiger partial charge in [-0.15, -0.1) is 0 Å². The fraction of sp³-hybridized carbons (Fsp3) is 0.333. The minimum atomic E-state index is -3.67. The third-order valence-electron chi connectivity index (χ3n) is 1.90. The molecule has 1 aromatic heterocycles. The molecule has 0 bridgehead atoms. The van der Waals surface area contributed by atoms with E-state index in [9.17, 15) is 17.6 Å². The number of pyridine rings is 1. The largest absolute Gasteiger partial charge is 0.481 e. The molecule has 0 atom stereocenters. The van der Waals surface area contributed by atoms with E-state index in [1.54, 1.807) is 0 Å². The van der Waals surface area contributed by atoms with Crippen molar-refractivity contribution in [1.29, 1.82) is 0 Å². The van der Waals surface area contributed by atoms with Gasteiger partial charge in [-0.05, 0) is 34.5 Å². The fourth-order valence-corrected chi connectivity index (χ4v) is 2.77. The Labute approximate surface area is 106 Å². The van der Waals surface area contributed by atoms with Crippen LogP contribution in [0.25, 0.3) is 0 Å². The summed E-state index contributed by atoms with van der Waals surface area (Å²) in [6.07, 6.45) is -0.240. The summed E-state index contributed by atoms with van der Waals surface area (Å²) in [4.78, 5) is 13.8. The van der Waals surface area contributed by atoms with Crippen molar-refractivity contribution in [3.8, 4) is 0 Å². The molecule has 1 aromatic rings. The van der Waals surface area contributed by atoms with Crippen LogP contribution in [0.1, 0.15) is 12.8 Å². The molecular formula is C9H9BrFNO4S. The Morgan fingerprint density at radius 3 is 2.65 bits per heavy atom. The smallest absolute Gasteiger partial charge is 0.303 e. The number of aliphatic carboxylic acids is 1. The Bertz CT molecular complexity index is 532. The van der Waals surface area contributed by atoms with E-state index >= 15 is 0 Å². The Hall–Kier alpha value is -1.02. The van der Waals surface area contributed by atoms with Gasteiger partial charge >= 0.3 is 5.97 Å². The van der Waals surface area contributed by atoms with Gasteiger partial charge in [0.15, 0.2) is 20.7 Å². The molecule has 1 heterocycles. The third-order valence-corrected chi connectivity index (χ3v) is 4.15. The van der Waals surface area contributed by atoms with Crippen LogP contribution in [0.5, 0.6) is 0 Å². The maximum absolute atomic E-state index is 12.9. The van der Waals surface area contributed by atoms with Crippen LogP contribution in [-0.4, -0.2) is 30.2 Å². The van der Waals surface area contributed by atoms with Crippen molar-refractivity contribution < 1.29 is 22.7 Å². The Kier molecular flexibility index (Phi) is 4.58. The zero-order valence-corrected chi connectivity index (χ0v) is 11.0. The summed E-state index contributed by atoms with van der Waals surface area (Å²) in [5.74, 6) is -2.05. The van der Waals surface area contributed by atoms with Gasteiger partial charge in [0.1, 0.15) is 4.60 Å². The summed E-state index contributed by atoms with van der Waals surface area (Å²) in [5.41, 5.74) is 0. The van der Waals surface area contributed by atoms with Gasteiger partial charge < -0.3 is 5.11 Å². The van der Waals surface area contributed by atoms with Crippen molar-refractivity contribution in [1.82, 2.24) is 4.98 Å². The first kappa shape index (κ1) is 14.0. The topological polar surface area (TPSA) is 84.3 Å². The molecule has 0 aromatic carbocycles. The molecule has 0 aliphatic heterocycles. The van der Waals surface area contributed by atoms with Gasteiger partial charge in [0.25, 0.3) is 0 Å². The number of halogens is 2. The second kappa shape index (κ2) is 5.54. The average Bonchev–Trinajstić information content (AvgIpc) is 2.21. The molecule has 0 saturated heterocycles. The molecule has 0 unspecified atom stereocenters. The molecule has 1 rings (SSSR count). The summed E-state index contributed by atoms with van der Waals surface area (Å²) in [5, 5.41) is 8.13. The number of aromatic nitrogens is 1. The van der Waals surface area contributed by atoms with Crippen molar-refractivity contribution in [3.63, 3.8) is 0 Å². The summed E-state index contributed by atoms with van der Waals surface area (Å²) in [6.45, 7) is 0. The molecule has 0 aliphatic rings. The first-order valence-electron chi connectivity index (χ1n) is 4.59. The minimum absolute atomic E-state index is 0.00561. The van der Waals surface area contributed by atoms with Crippen LogP contribution in [0.4, 0.5) is 4.39 Å². The molecule has 0 radical (unpaired) electrons. The lowest BCUT2D eigenvalue weighted by Crippen LogP contribution is -2.10. The predicted octanol–water partition coefficient (Wildman–Crippen LogP) is 1.62. The van der Waals surface area contributed by atoms with Crippen molar-refractivity contribution in [2.24, 2.45) is 0 Å². The number of nitrogens with zero attached hydrogens (tertiary/aromatic N) is 1. The molecule has 0 spiro atoms. The molecule has 5 nitrogen and oxygen atoms in total. The number of carbonyl (C=O) groups is 1. The molecule has 8 heteroatoms. The van der Waals surface area contributed by atoms with E-state index in [0.29, 0.717) is 0 Å². The summed E-state index contributed by atoms with van der Waals surface area (Å²) in [7, 11) is -3.67. The number of carboxylic acids is 1. The van der Waals surface area contributed by atoms with E-state index in [-0.39, 0.29) is 28.2 Å². The zero-order chi connectivity index (χ0) is 13.1. The Morgan fingerprint density at radius 2 is 2.12 bits per heavy atom. The Balaban J connectivity index is 2.82. The van der Waals surface area contributed by atoms with E-state index in [2.05, 4.69) is 20.9 Å². The first-order chi connectivity index (χ1) is 7.83. The quantitative estimate of drug-likeness (QED) is 0.831. The molecule has 0 aliphatic carbocycles. The van der Waals surface area contributed by atoms with Gasteiger partial charge in [0.2, 0.25) is 0 Å². The lowest BCUT2D eigenvalue weighted by Gasteiger charge is -2.03. The lowest BCUT2D eigenvalue weighted by atomic mass is 10.3. The van der Waals surface area contributed by atoms with E-state index in [4.69, 9.17) is 5.11 Å². The number of hydrogen-bond acceptors (Lipinski definition) is 4. The van der Waals surface area contributed by atoms with E-state index < -0.39 is 21.6 Å². The van der Waals surface area contributed by atoms with Crippen LogP contribution in [0.2, 0.25) is 0 Å². The third kappa shape index (κ3) is 4.04. The lowest BCUT2D eigenvalue weighted by molar-refractivity contribution is -0.137. The summed E-state index contributed by atoms with van der Waals surface area (Å²) >= 11 is 2.79. The second-order valence-corrected chi connectivity index (χ2v) is 6.05. The number of sulfone groups is 1. The van der Waals surface area contributed by atoms with Gasteiger partial charge in [-0.1, -0.05) is 0 Å². The number of rotatable bonds is 5. The van der Waals surface area contributed by atoms with E-state index in [0.717, 1.165) is 12.1 Å². The number of carboxylic acid groups (broad SMARTS) is 1. The van der Waals surface area contributed by atoms with Crippen molar-refractivity contribution in [3.05, 3.63) is 22.6 Å². The van der Waals surface area contributed by atoms with Gasteiger partial charge in [0, 0.05) is 6.42 Å². The average molecular weight is 326 g/mol. The monoisotopic (exact) mass is 325 g/mol. The summed E-state index contributed by atoms with van der Waals surface area (Å²) < 4.78 is 36.0. The highest BCUT2D eigenvalue weighted by Gasteiger charge is 2.17. The summed E-state index contributed by atoms with van der Waals surface area (Å²) in [6, 6.07) is 2.04. The second-order valence-electron chi connectivity index (χ2n) is 3.24. The van der Waals surface area contributed by atoms with Crippen LogP contribution in [0.15, 0.2) is 21.8 Å². The van der Waals surface area contributed by atoms with Crippen molar-refractivity contribution >= 4 is 31.7 Å². The van der Waals surface area contributed by atoms with E-state index in [1.165, 1.54) is 0 Å². The highest BCUT2D eigenvalue weighted by atomic mass is 79.9. The van der Waals surface area contributed by atoms with Crippen LogP contribution in [0, 0.1) is 5.82 Å². The molecule has 17 heavy (non-hydrogen) atoms. The standard InChI is InChI=1S/C9H9BrFNO4S/c10-9-6(11)3-4-7(12-9)17(15,16)5-1-2-8(13)14/h3-4H,1-2,5H2,(H,13,14). The van der Waals surface area contributed by atoms with Gasteiger partial charge in [-0.2, -0.15) is 0 Å². The molecule has 94 valence electrons. The van der Waals surface area contributed by atoms with Gasteiger partial charge in [-0.3, -0.25) is 4.79 Å². The van der Waals surface area contributed by atoms with Crippen LogP contribution in [0.3, 0.4) is 0 Å². The highest BCUT2D eigenvalue weighted by Crippen LogP contribution is 2.17. The fourth-order valence-electron chi connectivity index (χ4n) is 1.09. The maximum Gasteiger partial charge on any atom is 0.303 e. The molecule has 0 saturated carbocycles. The van der Waals surface area contributed by atoms with Gasteiger partial charge in [-0.25, -0.2) is 17.8 Å². The van der Waals surface area contributed by atoms with Crippen LogP contribution < -0.4 is 0 Å². The first-order valence-corrected chi connectivity index (χ1v) is 7.04. The zero-order valence-electron chi connectivity index (χ0n) is 8.56. The van der Waals surface area contributed by atoms with Crippen molar-refractivity contribution in [2.75, 3.05) is 5.75 Å².